The lowest BCUT2D eigenvalue weighted by atomic mass is 10.1. The van der Waals surface area contributed by atoms with Crippen molar-refractivity contribution >= 4 is 17.3 Å². The molecule has 0 aromatic heterocycles. The van der Waals surface area contributed by atoms with Crippen LogP contribution in [0.1, 0.15) is 21.5 Å². The molecule has 0 bridgehead atoms. The first-order chi connectivity index (χ1) is 11.6. The van der Waals surface area contributed by atoms with Crippen molar-refractivity contribution in [3.63, 3.8) is 0 Å². The monoisotopic (exact) mass is 325 g/mol. The quantitative estimate of drug-likeness (QED) is 0.848. The number of nitrogens with two attached hydrogens (primary N) is 1. The van der Waals surface area contributed by atoms with E-state index in [1.807, 2.05) is 13.0 Å². The number of hydrogen-bond acceptors (Lipinski definition) is 4. The second kappa shape index (κ2) is 7.47. The summed E-state index contributed by atoms with van der Waals surface area (Å²) in [6.45, 7) is 6.31. The predicted octanol–water partition coefficient (Wildman–Crippen LogP) is 2.66. The number of aryl methyl sites for hydroxylation is 1. The number of rotatable bonds is 4. The summed E-state index contributed by atoms with van der Waals surface area (Å²) < 4.78 is 5.38. The van der Waals surface area contributed by atoms with Gasteiger partial charge in [0.2, 0.25) is 0 Å². The average Bonchev–Trinajstić information content (AvgIpc) is 2.59. The van der Waals surface area contributed by atoms with Crippen LogP contribution in [0.2, 0.25) is 0 Å². The number of anilines is 2. The average molecular weight is 325 g/mol. The van der Waals surface area contributed by atoms with Gasteiger partial charge in [0.15, 0.2) is 0 Å². The smallest absolute Gasteiger partial charge is 0.255 e. The number of benzene rings is 2. The van der Waals surface area contributed by atoms with Crippen LogP contribution in [0.4, 0.5) is 11.4 Å². The Morgan fingerprint density at radius 2 is 2.00 bits per heavy atom. The molecule has 0 unspecified atom stereocenters. The van der Waals surface area contributed by atoms with E-state index in [9.17, 15) is 4.79 Å². The van der Waals surface area contributed by atoms with E-state index in [1.165, 1.54) is 5.56 Å². The summed E-state index contributed by atoms with van der Waals surface area (Å²) in [6, 6.07) is 13.2. The third-order valence-corrected chi connectivity index (χ3v) is 4.21. The minimum atomic E-state index is -0.145. The summed E-state index contributed by atoms with van der Waals surface area (Å²) in [5, 5.41) is 2.99. The van der Waals surface area contributed by atoms with Crippen molar-refractivity contribution in [2.75, 3.05) is 37.4 Å². The largest absolute Gasteiger partial charge is 0.399 e. The normalized spacial score (nSPS) is 15.2. The van der Waals surface area contributed by atoms with Gasteiger partial charge in [0.25, 0.3) is 5.91 Å². The van der Waals surface area contributed by atoms with Crippen molar-refractivity contribution in [1.29, 1.82) is 0 Å². The van der Waals surface area contributed by atoms with Crippen molar-refractivity contribution in [2.45, 2.75) is 13.5 Å². The number of hydrogen-bond donors (Lipinski definition) is 2. The standard InChI is InChI=1S/C19H23N3O2/c1-14-5-6-15(13-22-7-9-24-10-8-22)11-18(14)21-19(23)16-3-2-4-17(20)12-16/h2-6,11-12H,7-10,13,20H2,1H3,(H,21,23). The van der Waals surface area contributed by atoms with E-state index in [2.05, 4.69) is 22.3 Å². The zero-order chi connectivity index (χ0) is 16.9. The molecule has 2 aromatic rings. The zero-order valence-electron chi connectivity index (χ0n) is 13.9. The first-order valence-electron chi connectivity index (χ1n) is 8.18. The molecule has 1 amide bonds. The highest BCUT2D eigenvalue weighted by Crippen LogP contribution is 2.20. The molecule has 1 aliphatic rings. The molecule has 0 saturated carbocycles. The summed E-state index contributed by atoms with van der Waals surface area (Å²) >= 11 is 0. The second-order valence-corrected chi connectivity index (χ2v) is 6.12. The Balaban J connectivity index is 1.72. The number of ether oxygens (including phenoxy) is 1. The van der Waals surface area contributed by atoms with Gasteiger partial charge in [0, 0.05) is 36.6 Å². The zero-order valence-corrected chi connectivity index (χ0v) is 13.9. The fourth-order valence-electron chi connectivity index (χ4n) is 2.79. The van der Waals surface area contributed by atoms with Crippen LogP contribution < -0.4 is 11.1 Å². The summed E-state index contributed by atoms with van der Waals surface area (Å²) in [4.78, 5) is 14.8. The van der Waals surface area contributed by atoms with Crippen LogP contribution in [0.15, 0.2) is 42.5 Å². The van der Waals surface area contributed by atoms with Crippen molar-refractivity contribution < 1.29 is 9.53 Å². The summed E-state index contributed by atoms with van der Waals surface area (Å²) in [5.41, 5.74) is 9.97. The first-order valence-corrected chi connectivity index (χ1v) is 8.18. The van der Waals surface area contributed by atoms with Crippen LogP contribution in [0.3, 0.4) is 0 Å². The molecule has 1 aliphatic heterocycles. The van der Waals surface area contributed by atoms with Crippen molar-refractivity contribution in [1.82, 2.24) is 4.90 Å². The van der Waals surface area contributed by atoms with Crippen LogP contribution >= 0.6 is 0 Å². The van der Waals surface area contributed by atoms with Crippen molar-refractivity contribution in [3.8, 4) is 0 Å². The maximum atomic E-state index is 12.4. The van der Waals surface area contributed by atoms with Crippen LogP contribution in [-0.2, 0) is 11.3 Å². The highest BCUT2D eigenvalue weighted by Gasteiger charge is 2.13. The lowest BCUT2D eigenvalue weighted by Crippen LogP contribution is -2.35. The predicted molar refractivity (Wildman–Crippen MR) is 96.1 cm³/mol. The minimum absolute atomic E-state index is 0.145. The minimum Gasteiger partial charge on any atom is -0.399 e. The van der Waals surface area contributed by atoms with Gasteiger partial charge in [-0.15, -0.1) is 0 Å². The molecule has 3 N–H and O–H groups in total. The Hall–Kier alpha value is -2.37. The van der Waals surface area contributed by atoms with Gasteiger partial charge in [-0.3, -0.25) is 9.69 Å². The van der Waals surface area contributed by atoms with E-state index in [4.69, 9.17) is 10.5 Å². The third-order valence-electron chi connectivity index (χ3n) is 4.21. The van der Waals surface area contributed by atoms with Gasteiger partial charge in [0.1, 0.15) is 0 Å². The molecule has 1 heterocycles. The van der Waals surface area contributed by atoms with Crippen LogP contribution in [0.5, 0.6) is 0 Å². The Morgan fingerprint density at radius 1 is 1.21 bits per heavy atom. The Morgan fingerprint density at radius 3 is 2.75 bits per heavy atom. The molecule has 0 spiro atoms. The Bertz CT molecular complexity index is 724. The molecule has 1 fully saturated rings. The van der Waals surface area contributed by atoms with Gasteiger partial charge in [-0.25, -0.2) is 0 Å². The number of amides is 1. The highest BCUT2D eigenvalue weighted by atomic mass is 16.5. The first kappa shape index (κ1) is 16.5. The number of nitrogens with zero attached hydrogens (tertiary/aromatic N) is 1. The molecule has 0 aliphatic carbocycles. The lowest BCUT2D eigenvalue weighted by molar-refractivity contribution is 0.0342. The van der Waals surface area contributed by atoms with Gasteiger partial charge in [-0.2, -0.15) is 0 Å². The van der Waals surface area contributed by atoms with Gasteiger partial charge in [-0.05, 0) is 42.3 Å². The van der Waals surface area contributed by atoms with Crippen LogP contribution in [0, 0.1) is 6.92 Å². The molecular formula is C19H23N3O2. The lowest BCUT2D eigenvalue weighted by Gasteiger charge is -2.26. The van der Waals surface area contributed by atoms with Gasteiger partial charge < -0.3 is 15.8 Å². The Kier molecular flexibility index (Phi) is 5.13. The molecule has 1 saturated heterocycles. The number of carbonyl (C=O) groups is 1. The molecular weight excluding hydrogens is 302 g/mol. The van der Waals surface area contributed by atoms with Crippen molar-refractivity contribution in [2.24, 2.45) is 0 Å². The molecule has 126 valence electrons. The number of carbonyl (C=O) groups excluding carboxylic acids is 1. The highest BCUT2D eigenvalue weighted by molar-refractivity contribution is 6.05. The molecule has 5 nitrogen and oxygen atoms in total. The SMILES string of the molecule is Cc1ccc(CN2CCOCC2)cc1NC(=O)c1cccc(N)c1. The maximum Gasteiger partial charge on any atom is 0.255 e. The van der Waals surface area contributed by atoms with Gasteiger partial charge in [0.05, 0.1) is 13.2 Å². The number of morpholine rings is 1. The number of nitrogens with one attached hydrogen (secondary N) is 1. The van der Waals surface area contributed by atoms with E-state index in [0.717, 1.165) is 44.1 Å². The molecule has 24 heavy (non-hydrogen) atoms. The molecule has 2 aromatic carbocycles. The molecule has 3 rings (SSSR count). The molecule has 0 atom stereocenters. The second-order valence-electron chi connectivity index (χ2n) is 6.12. The van der Waals surface area contributed by atoms with Crippen LogP contribution in [0.25, 0.3) is 0 Å². The van der Waals surface area contributed by atoms with Crippen LogP contribution in [-0.4, -0.2) is 37.1 Å². The summed E-state index contributed by atoms with van der Waals surface area (Å²) in [6.07, 6.45) is 0. The fraction of sp³-hybridized carbons (Fsp3) is 0.316. The van der Waals surface area contributed by atoms with E-state index >= 15 is 0 Å². The molecule has 5 heteroatoms. The summed E-state index contributed by atoms with van der Waals surface area (Å²) in [5.74, 6) is -0.145. The fourth-order valence-corrected chi connectivity index (χ4v) is 2.79. The van der Waals surface area contributed by atoms with E-state index in [0.29, 0.717) is 11.3 Å². The van der Waals surface area contributed by atoms with Crippen molar-refractivity contribution in [3.05, 3.63) is 59.2 Å². The maximum absolute atomic E-state index is 12.4. The third kappa shape index (κ3) is 4.13. The topological polar surface area (TPSA) is 67.6 Å². The van der Waals surface area contributed by atoms with Gasteiger partial charge >= 0.3 is 0 Å². The van der Waals surface area contributed by atoms with E-state index < -0.39 is 0 Å². The van der Waals surface area contributed by atoms with E-state index in [-0.39, 0.29) is 5.91 Å². The van der Waals surface area contributed by atoms with E-state index in [1.54, 1.807) is 24.3 Å². The van der Waals surface area contributed by atoms with Gasteiger partial charge in [-0.1, -0.05) is 18.2 Å². The summed E-state index contributed by atoms with van der Waals surface area (Å²) in [7, 11) is 0. The Labute approximate surface area is 142 Å². The number of nitrogen functional groups attached to an aromatic ring is 1. The molecule has 0 radical (unpaired) electrons.